The number of hydrogen-bond acceptors (Lipinski definition) is 6. The molecule has 0 aliphatic rings. The molecular formula is C19H20N2O4. The highest BCUT2D eigenvalue weighted by Gasteiger charge is 2.17. The number of hydrogen-bond donors (Lipinski definition) is 0. The van der Waals surface area contributed by atoms with Gasteiger partial charge in [0.25, 0.3) is 0 Å². The van der Waals surface area contributed by atoms with Gasteiger partial charge in [-0.25, -0.2) is 4.98 Å². The lowest BCUT2D eigenvalue weighted by molar-refractivity contribution is 0.296. The standard InChI is InChI=1S/C19H20N2O4/c1-12-17(6-5-9-20-12)24-11-16-13(2)25-19(21-16)15-10-14(22-3)7-8-18(15)23-4/h5-10H,11H2,1-4H3. The number of nitrogens with zero attached hydrogens (tertiary/aromatic N) is 2. The van der Waals surface area contributed by atoms with Gasteiger partial charge in [0, 0.05) is 6.20 Å². The third-order valence-electron chi connectivity index (χ3n) is 3.85. The summed E-state index contributed by atoms with van der Waals surface area (Å²) in [4.78, 5) is 8.77. The maximum absolute atomic E-state index is 5.82. The van der Waals surface area contributed by atoms with E-state index in [9.17, 15) is 0 Å². The minimum absolute atomic E-state index is 0.300. The lowest BCUT2D eigenvalue weighted by atomic mass is 10.2. The Hall–Kier alpha value is -3.02. The van der Waals surface area contributed by atoms with Crippen molar-refractivity contribution >= 4 is 0 Å². The van der Waals surface area contributed by atoms with Gasteiger partial charge in [0.15, 0.2) is 0 Å². The van der Waals surface area contributed by atoms with Gasteiger partial charge in [-0.1, -0.05) is 0 Å². The quantitative estimate of drug-likeness (QED) is 0.677. The van der Waals surface area contributed by atoms with Gasteiger partial charge in [0.1, 0.15) is 35.3 Å². The Morgan fingerprint density at radius 3 is 2.60 bits per heavy atom. The van der Waals surface area contributed by atoms with Gasteiger partial charge in [-0.3, -0.25) is 4.98 Å². The van der Waals surface area contributed by atoms with Gasteiger partial charge >= 0.3 is 0 Å². The van der Waals surface area contributed by atoms with E-state index < -0.39 is 0 Å². The molecule has 0 aliphatic heterocycles. The van der Waals surface area contributed by atoms with E-state index in [1.807, 2.05) is 44.2 Å². The first-order valence-electron chi connectivity index (χ1n) is 7.85. The Morgan fingerprint density at radius 1 is 1.04 bits per heavy atom. The number of benzene rings is 1. The number of pyridine rings is 1. The third-order valence-corrected chi connectivity index (χ3v) is 3.85. The number of ether oxygens (including phenoxy) is 3. The summed E-state index contributed by atoms with van der Waals surface area (Å²) in [6.45, 7) is 4.06. The molecule has 2 aromatic heterocycles. The van der Waals surface area contributed by atoms with E-state index in [1.54, 1.807) is 20.4 Å². The molecule has 25 heavy (non-hydrogen) atoms. The fourth-order valence-electron chi connectivity index (χ4n) is 2.43. The van der Waals surface area contributed by atoms with Crippen LogP contribution in [0.15, 0.2) is 40.9 Å². The van der Waals surface area contributed by atoms with E-state index in [4.69, 9.17) is 18.6 Å². The van der Waals surface area contributed by atoms with Crippen molar-refractivity contribution in [1.82, 2.24) is 9.97 Å². The van der Waals surface area contributed by atoms with Gasteiger partial charge in [-0.15, -0.1) is 0 Å². The Bertz CT molecular complexity index is 874. The van der Waals surface area contributed by atoms with Crippen molar-refractivity contribution in [2.45, 2.75) is 20.5 Å². The maximum Gasteiger partial charge on any atom is 0.230 e. The van der Waals surface area contributed by atoms with Crippen molar-refractivity contribution in [2.24, 2.45) is 0 Å². The molecular weight excluding hydrogens is 320 g/mol. The van der Waals surface area contributed by atoms with Gasteiger partial charge in [0.2, 0.25) is 5.89 Å². The summed E-state index contributed by atoms with van der Waals surface area (Å²) in [6, 6.07) is 9.20. The zero-order valence-electron chi connectivity index (χ0n) is 14.7. The van der Waals surface area contributed by atoms with Gasteiger partial charge in [-0.05, 0) is 44.2 Å². The minimum atomic E-state index is 0.300. The van der Waals surface area contributed by atoms with Crippen LogP contribution in [0.4, 0.5) is 0 Å². The predicted molar refractivity (Wildman–Crippen MR) is 93.1 cm³/mol. The number of methoxy groups -OCH3 is 2. The Kier molecular flexibility index (Phi) is 4.88. The van der Waals surface area contributed by atoms with E-state index in [0.717, 1.165) is 22.7 Å². The van der Waals surface area contributed by atoms with Crippen molar-refractivity contribution in [3.8, 4) is 28.7 Å². The molecule has 0 aliphatic carbocycles. The van der Waals surface area contributed by atoms with Crippen molar-refractivity contribution < 1.29 is 18.6 Å². The van der Waals surface area contributed by atoms with Crippen molar-refractivity contribution in [3.63, 3.8) is 0 Å². The summed E-state index contributed by atoms with van der Waals surface area (Å²) in [5, 5.41) is 0. The summed E-state index contributed by atoms with van der Waals surface area (Å²) in [7, 11) is 3.22. The van der Waals surface area contributed by atoms with E-state index in [-0.39, 0.29) is 0 Å². The van der Waals surface area contributed by atoms with Crippen LogP contribution in [-0.4, -0.2) is 24.2 Å². The fourth-order valence-corrected chi connectivity index (χ4v) is 2.43. The van der Waals surface area contributed by atoms with Crippen LogP contribution in [0, 0.1) is 13.8 Å². The van der Waals surface area contributed by atoms with Crippen LogP contribution in [0.3, 0.4) is 0 Å². The average Bonchev–Trinajstić information content (AvgIpc) is 3.01. The predicted octanol–water partition coefficient (Wildman–Crippen LogP) is 3.95. The first-order chi connectivity index (χ1) is 12.1. The molecule has 130 valence electrons. The monoisotopic (exact) mass is 340 g/mol. The smallest absolute Gasteiger partial charge is 0.230 e. The van der Waals surface area contributed by atoms with E-state index in [0.29, 0.717) is 29.8 Å². The molecule has 0 atom stereocenters. The van der Waals surface area contributed by atoms with E-state index in [2.05, 4.69) is 9.97 Å². The molecule has 0 fully saturated rings. The maximum atomic E-state index is 5.82. The molecule has 1 aromatic carbocycles. The van der Waals surface area contributed by atoms with Crippen LogP contribution in [0.1, 0.15) is 17.1 Å². The number of aromatic nitrogens is 2. The number of oxazole rings is 1. The topological polar surface area (TPSA) is 66.6 Å². The minimum Gasteiger partial charge on any atom is -0.497 e. The van der Waals surface area contributed by atoms with Crippen molar-refractivity contribution in [3.05, 3.63) is 53.7 Å². The second-order valence-corrected chi connectivity index (χ2v) is 5.46. The highest BCUT2D eigenvalue weighted by atomic mass is 16.5. The summed E-state index contributed by atoms with van der Waals surface area (Å²) >= 11 is 0. The van der Waals surface area contributed by atoms with E-state index in [1.165, 1.54) is 0 Å². The highest BCUT2D eigenvalue weighted by Crippen LogP contribution is 2.34. The molecule has 0 bridgehead atoms. The second-order valence-electron chi connectivity index (χ2n) is 5.46. The average molecular weight is 340 g/mol. The van der Waals surface area contributed by atoms with Gasteiger partial charge < -0.3 is 18.6 Å². The molecule has 0 saturated carbocycles. The van der Waals surface area contributed by atoms with Crippen molar-refractivity contribution in [2.75, 3.05) is 14.2 Å². The highest BCUT2D eigenvalue weighted by molar-refractivity contribution is 5.65. The molecule has 3 rings (SSSR count). The van der Waals surface area contributed by atoms with Crippen LogP contribution in [0.2, 0.25) is 0 Å². The molecule has 0 amide bonds. The third kappa shape index (κ3) is 3.57. The molecule has 6 heteroatoms. The van der Waals surface area contributed by atoms with Crippen LogP contribution >= 0.6 is 0 Å². The fraction of sp³-hybridized carbons (Fsp3) is 0.263. The summed E-state index contributed by atoms with van der Waals surface area (Å²) in [5.74, 6) is 3.26. The molecule has 0 saturated heterocycles. The Balaban J connectivity index is 1.87. The molecule has 0 unspecified atom stereocenters. The number of rotatable bonds is 6. The largest absolute Gasteiger partial charge is 0.497 e. The van der Waals surface area contributed by atoms with Crippen molar-refractivity contribution in [1.29, 1.82) is 0 Å². The van der Waals surface area contributed by atoms with Crippen LogP contribution in [0.5, 0.6) is 17.2 Å². The second kappa shape index (κ2) is 7.25. The lowest BCUT2D eigenvalue weighted by Gasteiger charge is -2.07. The van der Waals surface area contributed by atoms with Crippen LogP contribution in [-0.2, 0) is 6.61 Å². The zero-order valence-corrected chi connectivity index (χ0v) is 14.7. The van der Waals surface area contributed by atoms with Gasteiger partial charge in [0.05, 0.1) is 25.5 Å². The molecule has 0 radical (unpaired) electrons. The first-order valence-corrected chi connectivity index (χ1v) is 7.85. The molecule has 0 N–H and O–H groups in total. The normalized spacial score (nSPS) is 10.6. The zero-order chi connectivity index (χ0) is 17.8. The Morgan fingerprint density at radius 2 is 1.88 bits per heavy atom. The van der Waals surface area contributed by atoms with E-state index >= 15 is 0 Å². The lowest BCUT2D eigenvalue weighted by Crippen LogP contribution is -1.99. The first kappa shape index (κ1) is 16.8. The summed E-state index contributed by atoms with van der Waals surface area (Å²) in [5.41, 5.74) is 2.29. The molecule has 2 heterocycles. The Labute approximate surface area is 146 Å². The van der Waals surface area contributed by atoms with Gasteiger partial charge in [-0.2, -0.15) is 0 Å². The SMILES string of the molecule is COc1ccc(OC)c(-c2nc(COc3cccnc3C)c(C)o2)c1. The van der Waals surface area contributed by atoms with Crippen LogP contribution < -0.4 is 14.2 Å². The molecule has 6 nitrogen and oxygen atoms in total. The molecule has 0 spiro atoms. The van der Waals surface area contributed by atoms with Crippen LogP contribution in [0.25, 0.3) is 11.5 Å². The molecule has 3 aromatic rings. The summed E-state index contributed by atoms with van der Waals surface area (Å²) in [6.07, 6.45) is 1.73. The number of aryl methyl sites for hydroxylation is 2. The summed E-state index contributed by atoms with van der Waals surface area (Å²) < 4.78 is 22.3.